The van der Waals surface area contributed by atoms with E-state index in [0.29, 0.717) is 23.2 Å². The summed E-state index contributed by atoms with van der Waals surface area (Å²) in [6, 6.07) is 14.4. The van der Waals surface area contributed by atoms with Crippen LogP contribution in [0.1, 0.15) is 15.9 Å². The number of nitrogens with zero attached hydrogens (tertiary/aromatic N) is 2. The quantitative estimate of drug-likeness (QED) is 0.608. The Kier molecular flexibility index (Phi) is 5.06. The number of rotatable bonds is 6. The first kappa shape index (κ1) is 17.7. The van der Waals surface area contributed by atoms with E-state index in [1.165, 1.54) is 12.4 Å². The van der Waals surface area contributed by atoms with Crippen LogP contribution in [-0.2, 0) is 13.2 Å². The van der Waals surface area contributed by atoms with E-state index in [-0.39, 0.29) is 12.2 Å². The summed E-state index contributed by atoms with van der Waals surface area (Å²) >= 11 is 0. The molecule has 0 saturated carbocycles. The number of aldehydes is 1. The number of benzene rings is 2. The summed E-state index contributed by atoms with van der Waals surface area (Å²) in [6.45, 7) is -0.911. The zero-order valence-electron chi connectivity index (χ0n) is 13.6. The van der Waals surface area contributed by atoms with Crippen molar-refractivity contribution in [3.8, 4) is 16.9 Å². The van der Waals surface area contributed by atoms with Gasteiger partial charge in [0, 0.05) is 11.8 Å². The van der Waals surface area contributed by atoms with Crippen LogP contribution in [-0.4, -0.2) is 22.2 Å². The lowest BCUT2D eigenvalue weighted by Crippen LogP contribution is -2.17. The van der Waals surface area contributed by atoms with Gasteiger partial charge in [0.2, 0.25) is 0 Å². The Balaban J connectivity index is 1.85. The van der Waals surface area contributed by atoms with Crippen molar-refractivity contribution >= 4 is 6.29 Å². The highest BCUT2D eigenvalue weighted by Gasteiger charge is 2.28. The summed E-state index contributed by atoms with van der Waals surface area (Å²) < 4.78 is 44.0. The van der Waals surface area contributed by atoms with Gasteiger partial charge in [-0.2, -0.15) is 18.3 Å². The summed E-state index contributed by atoms with van der Waals surface area (Å²) in [5, 5.41) is 3.72. The molecule has 3 rings (SSSR count). The van der Waals surface area contributed by atoms with Gasteiger partial charge in [0.1, 0.15) is 18.9 Å². The predicted molar refractivity (Wildman–Crippen MR) is 89.9 cm³/mol. The molecule has 134 valence electrons. The van der Waals surface area contributed by atoms with E-state index in [1.54, 1.807) is 18.2 Å². The third-order valence-corrected chi connectivity index (χ3v) is 3.71. The summed E-state index contributed by atoms with van der Waals surface area (Å²) in [6.07, 6.45) is -1.17. The van der Waals surface area contributed by atoms with Crippen LogP contribution in [0.25, 0.3) is 11.1 Å². The molecule has 0 aliphatic carbocycles. The lowest BCUT2D eigenvalue weighted by atomic mass is 10.0. The van der Waals surface area contributed by atoms with E-state index >= 15 is 0 Å². The van der Waals surface area contributed by atoms with Crippen LogP contribution in [0.4, 0.5) is 13.2 Å². The fraction of sp³-hybridized carbons (Fsp3) is 0.158. The Labute approximate surface area is 147 Å². The number of hydrogen-bond donors (Lipinski definition) is 0. The average molecular weight is 360 g/mol. The zero-order chi connectivity index (χ0) is 18.6. The zero-order valence-corrected chi connectivity index (χ0v) is 13.6. The van der Waals surface area contributed by atoms with Crippen molar-refractivity contribution in [2.45, 2.75) is 19.3 Å². The van der Waals surface area contributed by atoms with Gasteiger partial charge in [-0.25, -0.2) is 0 Å². The second-order valence-corrected chi connectivity index (χ2v) is 5.65. The van der Waals surface area contributed by atoms with Crippen LogP contribution in [0, 0.1) is 0 Å². The fourth-order valence-electron chi connectivity index (χ4n) is 2.55. The Bertz CT molecular complexity index is 889. The SMILES string of the molecule is O=Cc1c(OCc2ccccc2)cccc1-c1cnn(CC(F)(F)F)c1. The van der Waals surface area contributed by atoms with Crippen molar-refractivity contribution in [1.82, 2.24) is 9.78 Å². The van der Waals surface area contributed by atoms with Gasteiger partial charge >= 0.3 is 6.18 Å². The molecule has 0 bridgehead atoms. The van der Waals surface area contributed by atoms with Crippen molar-refractivity contribution in [1.29, 1.82) is 0 Å². The Morgan fingerprint density at radius 3 is 2.54 bits per heavy atom. The van der Waals surface area contributed by atoms with Gasteiger partial charge in [0.05, 0.1) is 11.8 Å². The molecule has 0 aliphatic rings. The lowest BCUT2D eigenvalue weighted by molar-refractivity contribution is -0.142. The molecular formula is C19H15F3N2O2. The van der Waals surface area contributed by atoms with Crippen LogP contribution in [0.15, 0.2) is 60.9 Å². The molecule has 0 radical (unpaired) electrons. The normalized spacial score (nSPS) is 11.3. The first-order valence-corrected chi connectivity index (χ1v) is 7.81. The Morgan fingerprint density at radius 1 is 1.08 bits per heavy atom. The number of hydrogen-bond acceptors (Lipinski definition) is 3. The highest BCUT2D eigenvalue weighted by molar-refractivity contribution is 5.90. The van der Waals surface area contributed by atoms with Crippen LogP contribution in [0.5, 0.6) is 5.75 Å². The molecule has 0 aliphatic heterocycles. The third kappa shape index (κ3) is 4.30. The summed E-state index contributed by atoms with van der Waals surface area (Å²) in [5.41, 5.74) is 2.10. The van der Waals surface area contributed by atoms with E-state index < -0.39 is 12.7 Å². The van der Waals surface area contributed by atoms with Gasteiger partial charge in [-0.3, -0.25) is 9.48 Å². The van der Waals surface area contributed by atoms with E-state index in [0.717, 1.165) is 10.2 Å². The van der Waals surface area contributed by atoms with Gasteiger partial charge in [-0.05, 0) is 17.2 Å². The Hall–Kier alpha value is -3.09. The van der Waals surface area contributed by atoms with E-state index in [1.807, 2.05) is 30.3 Å². The van der Waals surface area contributed by atoms with Gasteiger partial charge in [0.15, 0.2) is 6.29 Å². The maximum Gasteiger partial charge on any atom is 0.408 e. The molecule has 7 heteroatoms. The van der Waals surface area contributed by atoms with Crippen molar-refractivity contribution < 1.29 is 22.7 Å². The molecular weight excluding hydrogens is 345 g/mol. The largest absolute Gasteiger partial charge is 0.488 e. The molecule has 0 saturated heterocycles. The number of carbonyl (C=O) groups is 1. The summed E-state index contributed by atoms with van der Waals surface area (Å²) in [7, 11) is 0. The van der Waals surface area contributed by atoms with Gasteiger partial charge in [0.25, 0.3) is 0 Å². The molecule has 0 spiro atoms. The third-order valence-electron chi connectivity index (χ3n) is 3.71. The maximum atomic E-state index is 12.5. The second kappa shape index (κ2) is 7.43. The van der Waals surface area contributed by atoms with Gasteiger partial charge < -0.3 is 4.74 Å². The van der Waals surface area contributed by atoms with Gasteiger partial charge in [-0.1, -0.05) is 42.5 Å². The van der Waals surface area contributed by atoms with Crippen molar-refractivity contribution in [2.24, 2.45) is 0 Å². The van der Waals surface area contributed by atoms with E-state index in [9.17, 15) is 18.0 Å². The molecule has 26 heavy (non-hydrogen) atoms. The first-order valence-electron chi connectivity index (χ1n) is 7.81. The molecule has 0 fully saturated rings. The minimum Gasteiger partial charge on any atom is -0.488 e. The maximum absolute atomic E-state index is 12.5. The minimum atomic E-state index is -4.36. The molecule has 3 aromatic rings. The number of ether oxygens (including phenoxy) is 1. The highest BCUT2D eigenvalue weighted by atomic mass is 19.4. The van der Waals surface area contributed by atoms with E-state index in [2.05, 4.69) is 5.10 Å². The monoisotopic (exact) mass is 360 g/mol. The molecule has 0 amide bonds. The van der Waals surface area contributed by atoms with Crippen LogP contribution < -0.4 is 4.74 Å². The number of carbonyl (C=O) groups excluding carboxylic acids is 1. The standard InChI is InChI=1S/C19H15F3N2O2/c20-19(21,22)13-24-10-15(9-23-24)16-7-4-8-18(17(16)11-25)26-12-14-5-2-1-3-6-14/h1-11H,12-13H2. The summed E-state index contributed by atoms with van der Waals surface area (Å²) in [5.74, 6) is 0.366. The number of alkyl halides is 3. The molecule has 0 unspecified atom stereocenters. The first-order chi connectivity index (χ1) is 12.5. The molecule has 1 aromatic heterocycles. The predicted octanol–water partition coefficient (Wildman–Crippen LogP) is 4.50. The topological polar surface area (TPSA) is 44.1 Å². The van der Waals surface area contributed by atoms with Crippen LogP contribution in [0.3, 0.4) is 0 Å². The van der Waals surface area contributed by atoms with Gasteiger partial charge in [-0.15, -0.1) is 0 Å². The average Bonchev–Trinajstić information content (AvgIpc) is 3.06. The minimum absolute atomic E-state index is 0.273. The van der Waals surface area contributed by atoms with Crippen LogP contribution in [0.2, 0.25) is 0 Å². The van der Waals surface area contributed by atoms with Crippen molar-refractivity contribution in [3.05, 3.63) is 72.1 Å². The number of halogens is 3. The summed E-state index contributed by atoms with van der Waals surface area (Å²) in [4.78, 5) is 11.6. The molecule has 0 N–H and O–H groups in total. The molecule has 1 heterocycles. The van der Waals surface area contributed by atoms with Crippen LogP contribution >= 0.6 is 0 Å². The van der Waals surface area contributed by atoms with Crippen molar-refractivity contribution in [2.75, 3.05) is 0 Å². The smallest absolute Gasteiger partial charge is 0.408 e. The molecule has 4 nitrogen and oxygen atoms in total. The Morgan fingerprint density at radius 2 is 1.85 bits per heavy atom. The second-order valence-electron chi connectivity index (χ2n) is 5.65. The fourth-order valence-corrected chi connectivity index (χ4v) is 2.55. The highest BCUT2D eigenvalue weighted by Crippen LogP contribution is 2.30. The van der Waals surface area contributed by atoms with Crippen molar-refractivity contribution in [3.63, 3.8) is 0 Å². The van der Waals surface area contributed by atoms with E-state index in [4.69, 9.17) is 4.74 Å². The molecule has 0 atom stereocenters. The lowest BCUT2D eigenvalue weighted by Gasteiger charge is -2.11. The number of aromatic nitrogens is 2. The molecule has 2 aromatic carbocycles.